The number of terminal acetylenes is 1. The number of hydrogen-bond donors (Lipinski definition) is 1. The Morgan fingerprint density at radius 2 is 2.26 bits per heavy atom. The summed E-state index contributed by atoms with van der Waals surface area (Å²) >= 11 is 0. The van der Waals surface area contributed by atoms with E-state index >= 15 is 0 Å². The van der Waals surface area contributed by atoms with Gasteiger partial charge in [0.25, 0.3) is 0 Å². The average molecular weight is 263 g/mol. The third-order valence-electron chi connectivity index (χ3n) is 2.94. The van der Waals surface area contributed by atoms with E-state index in [1.807, 2.05) is 0 Å². The normalized spacial score (nSPS) is 18.4. The summed E-state index contributed by atoms with van der Waals surface area (Å²) in [6.07, 6.45) is 5.41. The van der Waals surface area contributed by atoms with Gasteiger partial charge >= 0.3 is 5.69 Å². The van der Waals surface area contributed by atoms with Gasteiger partial charge in [-0.15, -0.1) is 12.3 Å². The van der Waals surface area contributed by atoms with Crippen molar-refractivity contribution in [2.45, 2.75) is 6.42 Å². The van der Waals surface area contributed by atoms with Crippen molar-refractivity contribution >= 4 is 23.0 Å². The number of nitrogens with two attached hydrogens (primary N) is 1. The summed E-state index contributed by atoms with van der Waals surface area (Å²) in [5, 5.41) is 10.6. The lowest BCUT2D eigenvalue weighted by atomic mass is 10.1. The van der Waals surface area contributed by atoms with Crippen LogP contribution in [-0.2, 0) is 4.79 Å². The number of anilines is 2. The van der Waals surface area contributed by atoms with Gasteiger partial charge in [0, 0.05) is 31.0 Å². The predicted molar refractivity (Wildman–Crippen MR) is 66.8 cm³/mol. The van der Waals surface area contributed by atoms with Gasteiger partial charge in [-0.2, -0.15) is 4.39 Å². The fraction of sp³-hybridized carbons (Fsp3) is 0.250. The number of rotatable bonds is 2. The van der Waals surface area contributed by atoms with Crippen molar-refractivity contribution in [2.75, 3.05) is 17.2 Å². The van der Waals surface area contributed by atoms with E-state index in [1.54, 1.807) is 0 Å². The van der Waals surface area contributed by atoms with Crippen molar-refractivity contribution in [3.63, 3.8) is 0 Å². The lowest BCUT2D eigenvalue weighted by Crippen LogP contribution is -2.25. The van der Waals surface area contributed by atoms with Gasteiger partial charge in [-0.1, -0.05) is 0 Å². The number of nitrogen functional groups attached to an aromatic ring is 1. The number of nitro benzene ring substituents is 1. The van der Waals surface area contributed by atoms with Gasteiger partial charge in [0.2, 0.25) is 11.7 Å². The van der Waals surface area contributed by atoms with Crippen molar-refractivity contribution in [3.8, 4) is 12.3 Å². The smallest absolute Gasteiger partial charge is 0.306 e. The minimum atomic E-state index is -1.04. The molecule has 1 atom stereocenters. The van der Waals surface area contributed by atoms with Gasteiger partial charge in [0.1, 0.15) is 0 Å². The molecule has 1 unspecified atom stereocenters. The Hall–Kier alpha value is -2.62. The summed E-state index contributed by atoms with van der Waals surface area (Å²) < 4.78 is 13.6. The number of carbonyl (C=O) groups excluding carboxylic acids is 1. The number of nitro groups is 1. The zero-order valence-electron chi connectivity index (χ0n) is 9.80. The number of benzene rings is 1. The Morgan fingerprint density at radius 3 is 2.79 bits per heavy atom. The summed E-state index contributed by atoms with van der Waals surface area (Å²) in [5.74, 6) is 0.882. The molecule has 2 rings (SSSR count). The van der Waals surface area contributed by atoms with E-state index in [-0.39, 0.29) is 36.2 Å². The Bertz CT molecular complexity index is 609. The molecule has 1 fully saturated rings. The highest BCUT2D eigenvalue weighted by Gasteiger charge is 2.32. The van der Waals surface area contributed by atoms with Crippen molar-refractivity contribution < 1.29 is 14.1 Å². The lowest BCUT2D eigenvalue weighted by molar-refractivity contribution is -0.387. The molecule has 0 saturated carbocycles. The monoisotopic (exact) mass is 263 g/mol. The van der Waals surface area contributed by atoms with Crippen LogP contribution in [0.5, 0.6) is 0 Å². The van der Waals surface area contributed by atoms with E-state index in [1.165, 1.54) is 4.90 Å². The van der Waals surface area contributed by atoms with Gasteiger partial charge in [-0.25, -0.2) is 0 Å². The first-order valence-electron chi connectivity index (χ1n) is 5.44. The maximum absolute atomic E-state index is 13.6. The molecule has 0 aromatic heterocycles. The standard InChI is InChI=1S/C12H10FN3O3/c1-2-7-3-12(17)15(6-7)11-4-8(13)10(16(18)19)5-9(11)14/h1,4-5,7H,3,6,14H2. The first-order chi connectivity index (χ1) is 8.93. The van der Waals surface area contributed by atoms with Crippen LogP contribution in [0, 0.1) is 34.2 Å². The van der Waals surface area contributed by atoms with Crippen LogP contribution in [0.4, 0.5) is 21.5 Å². The SMILES string of the molecule is C#CC1CC(=O)N(c2cc(F)c([N+](=O)[O-])cc2N)C1. The van der Waals surface area contributed by atoms with Gasteiger partial charge in [0.15, 0.2) is 0 Å². The molecule has 19 heavy (non-hydrogen) atoms. The molecule has 1 aliphatic rings. The molecule has 2 N–H and O–H groups in total. The zero-order valence-corrected chi connectivity index (χ0v) is 9.80. The number of nitrogens with zero attached hydrogens (tertiary/aromatic N) is 2. The van der Waals surface area contributed by atoms with Gasteiger partial charge in [-0.3, -0.25) is 14.9 Å². The molecule has 1 saturated heterocycles. The third kappa shape index (κ3) is 2.20. The number of carbonyl (C=O) groups is 1. The Morgan fingerprint density at radius 1 is 1.58 bits per heavy atom. The van der Waals surface area contributed by atoms with E-state index in [4.69, 9.17) is 12.2 Å². The highest BCUT2D eigenvalue weighted by atomic mass is 19.1. The summed E-state index contributed by atoms with van der Waals surface area (Å²) in [6, 6.07) is 1.80. The molecule has 1 heterocycles. The predicted octanol–water partition coefficient (Wildman–Crippen LogP) is 1.30. The molecule has 0 aliphatic carbocycles. The number of halogens is 1. The third-order valence-corrected chi connectivity index (χ3v) is 2.94. The van der Waals surface area contributed by atoms with Crippen molar-refractivity contribution in [1.29, 1.82) is 0 Å². The molecule has 6 nitrogen and oxygen atoms in total. The topological polar surface area (TPSA) is 89.5 Å². The molecule has 1 aliphatic heterocycles. The van der Waals surface area contributed by atoms with Gasteiger partial charge in [0.05, 0.1) is 16.3 Å². The second-order valence-electron chi connectivity index (χ2n) is 4.19. The second-order valence-corrected chi connectivity index (χ2v) is 4.19. The minimum absolute atomic E-state index is 0.0286. The maximum atomic E-state index is 13.6. The van der Waals surface area contributed by atoms with Crippen LogP contribution in [0.2, 0.25) is 0 Å². The molecule has 1 aromatic rings. The van der Waals surface area contributed by atoms with E-state index < -0.39 is 16.4 Å². The molecular weight excluding hydrogens is 253 g/mol. The van der Waals surface area contributed by atoms with E-state index in [0.717, 1.165) is 12.1 Å². The molecule has 1 amide bonds. The Balaban J connectivity index is 2.42. The summed E-state index contributed by atoms with van der Waals surface area (Å²) in [4.78, 5) is 22.7. The number of amides is 1. The molecule has 1 aromatic carbocycles. The minimum Gasteiger partial charge on any atom is -0.397 e. The van der Waals surface area contributed by atoms with Crippen LogP contribution in [0.3, 0.4) is 0 Å². The molecule has 0 radical (unpaired) electrons. The Kier molecular flexibility index (Phi) is 3.09. The summed E-state index contributed by atoms with van der Waals surface area (Å²) in [5.41, 5.74) is 5.01. The van der Waals surface area contributed by atoms with E-state index in [2.05, 4.69) is 5.92 Å². The Labute approximate surface area is 108 Å². The van der Waals surface area contributed by atoms with Crippen molar-refractivity contribution in [1.82, 2.24) is 0 Å². The van der Waals surface area contributed by atoms with Gasteiger partial charge < -0.3 is 10.6 Å². The van der Waals surface area contributed by atoms with Crippen LogP contribution in [-0.4, -0.2) is 17.4 Å². The molecule has 7 heteroatoms. The molecule has 98 valence electrons. The van der Waals surface area contributed by atoms with Crippen LogP contribution in [0.25, 0.3) is 0 Å². The first-order valence-corrected chi connectivity index (χ1v) is 5.44. The van der Waals surface area contributed by atoms with Crippen molar-refractivity contribution in [3.05, 3.63) is 28.1 Å². The first kappa shape index (κ1) is 12.8. The summed E-state index contributed by atoms with van der Waals surface area (Å²) in [7, 11) is 0. The highest BCUT2D eigenvalue weighted by molar-refractivity contribution is 5.99. The van der Waals surface area contributed by atoms with Crippen LogP contribution >= 0.6 is 0 Å². The molecule has 0 bridgehead atoms. The lowest BCUT2D eigenvalue weighted by Gasteiger charge is -2.18. The van der Waals surface area contributed by atoms with Crippen molar-refractivity contribution in [2.24, 2.45) is 5.92 Å². The van der Waals surface area contributed by atoms with Crippen LogP contribution in [0.15, 0.2) is 12.1 Å². The molecule has 0 spiro atoms. The fourth-order valence-corrected chi connectivity index (χ4v) is 1.99. The maximum Gasteiger partial charge on any atom is 0.306 e. The number of hydrogen-bond acceptors (Lipinski definition) is 4. The van der Waals surface area contributed by atoms with Crippen LogP contribution in [0.1, 0.15) is 6.42 Å². The van der Waals surface area contributed by atoms with Crippen LogP contribution < -0.4 is 10.6 Å². The van der Waals surface area contributed by atoms with E-state index in [0.29, 0.717) is 0 Å². The van der Waals surface area contributed by atoms with E-state index in [9.17, 15) is 19.3 Å². The quantitative estimate of drug-likeness (QED) is 0.377. The highest BCUT2D eigenvalue weighted by Crippen LogP contribution is 2.34. The second kappa shape index (κ2) is 4.57. The average Bonchev–Trinajstić information content (AvgIpc) is 2.72. The van der Waals surface area contributed by atoms with Gasteiger partial charge in [-0.05, 0) is 0 Å². The fourth-order valence-electron chi connectivity index (χ4n) is 1.99. The summed E-state index contributed by atoms with van der Waals surface area (Å²) in [6.45, 7) is 0.233. The zero-order chi connectivity index (χ0) is 14.2. The molecular formula is C12H10FN3O3. The largest absolute Gasteiger partial charge is 0.397 e.